The summed E-state index contributed by atoms with van der Waals surface area (Å²) in [6, 6.07) is 8.87. The molecular weight excluding hydrogens is 198 g/mol. The third-order valence-corrected chi connectivity index (χ3v) is 2.35. The Balaban J connectivity index is 2.82. The van der Waals surface area contributed by atoms with Gasteiger partial charge in [-0.05, 0) is 12.0 Å². The molecule has 0 spiro atoms. The van der Waals surface area contributed by atoms with E-state index in [2.05, 4.69) is 5.92 Å². The van der Waals surface area contributed by atoms with Crippen LogP contribution in [0.2, 0.25) is 0 Å². The Labute approximate surface area is 95.9 Å². The Kier molecular flexibility index (Phi) is 4.30. The fraction of sp³-hybridized carbons (Fsp3) is 0.286. The van der Waals surface area contributed by atoms with Crippen LogP contribution >= 0.6 is 0 Å². The van der Waals surface area contributed by atoms with Crippen molar-refractivity contribution in [3.63, 3.8) is 0 Å². The molecule has 2 heteroatoms. The molecule has 1 unspecified atom stereocenters. The standard InChI is InChI=1S/C14H13NO/c1-3-6-11(2)9-14(16)13-8-5-4-7-12(13)10-15/h1,4-5,7-8,11H,6,9H2,2H3. The first kappa shape index (κ1) is 12.0. The zero-order valence-corrected chi connectivity index (χ0v) is 9.23. The Bertz CT molecular complexity index is 462. The summed E-state index contributed by atoms with van der Waals surface area (Å²) in [5.41, 5.74) is 0.925. The summed E-state index contributed by atoms with van der Waals surface area (Å²) in [6.07, 6.45) is 6.16. The van der Waals surface area contributed by atoms with E-state index in [-0.39, 0.29) is 11.7 Å². The predicted molar refractivity (Wildman–Crippen MR) is 62.7 cm³/mol. The third-order valence-electron chi connectivity index (χ3n) is 2.35. The second-order valence-electron chi connectivity index (χ2n) is 3.80. The molecule has 0 fully saturated rings. The van der Waals surface area contributed by atoms with Crippen LogP contribution in [0.1, 0.15) is 35.7 Å². The number of terminal acetylenes is 1. The molecule has 0 aliphatic carbocycles. The van der Waals surface area contributed by atoms with Crippen molar-refractivity contribution >= 4 is 5.78 Å². The first-order valence-electron chi connectivity index (χ1n) is 5.14. The van der Waals surface area contributed by atoms with E-state index in [1.54, 1.807) is 24.3 Å². The minimum atomic E-state index is -0.0140. The van der Waals surface area contributed by atoms with Crippen LogP contribution in [-0.2, 0) is 0 Å². The summed E-state index contributed by atoms with van der Waals surface area (Å²) in [4.78, 5) is 11.9. The Morgan fingerprint density at radius 3 is 2.81 bits per heavy atom. The number of benzene rings is 1. The quantitative estimate of drug-likeness (QED) is 0.567. The largest absolute Gasteiger partial charge is 0.294 e. The molecule has 0 aromatic heterocycles. The molecule has 16 heavy (non-hydrogen) atoms. The normalized spacial score (nSPS) is 11.2. The van der Waals surface area contributed by atoms with Gasteiger partial charge in [-0.15, -0.1) is 12.3 Å². The lowest BCUT2D eigenvalue weighted by atomic mass is 9.95. The van der Waals surface area contributed by atoms with Crippen LogP contribution in [0.25, 0.3) is 0 Å². The van der Waals surface area contributed by atoms with Gasteiger partial charge in [-0.1, -0.05) is 25.1 Å². The van der Waals surface area contributed by atoms with Crippen molar-refractivity contribution in [2.75, 3.05) is 0 Å². The van der Waals surface area contributed by atoms with Crippen molar-refractivity contribution in [3.05, 3.63) is 35.4 Å². The number of nitriles is 1. The highest BCUT2D eigenvalue weighted by atomic mass is 16.1. The van der Waals surface area contributed by atoms with Crippen molar-refractivity contribution in [2.45, 2.75) is 19.8 Å². The van der Waals surface area contributed by atoms with Crippen molar-refractivity contribution in [1.29, 1.82) is 5.26 Å². The number of ketones is 1. The first-order chi connectivity index (χ1) is 7.69. The molecule has 0 aliphatic rings. The number of hydrogen-bond donors (Lipinski definition) is 0. The summed E-state index contributed by atoms with van der Waals surface area (Å²) in [5.74, 6) is 2.68. The van der Waals surface area contributed by atoms with Gasteiger partial charge in [-0.25, -0.2) is 0 Å². The molecule has 0 radical (unpaired) electrons. The molecule has 0 amide bonds. The van der Waals surface area contributed by atoms with E-state index in [0.29, 0.717) is 24.0 Å². The number of carbonyl (C=O) groups is 1. The van der Waals surface area contributed by atoms with Gasteiger partial charge in [0, 0.05) is 18.4 Å². The second-order valence-corrected chi connectivity index (χ2v) is 3.80. The summed E-state index contributed by atoms with van der Waals surface area (Å²) in [5, 5.41) is 8.87. The Morgan fingerprint density at radius 2 is 2.19 bits per heavy atom. The van der Waals surface area contributed by atoms with Gasteiger partial charge in [0.05, 0.1) is 11.6 Å². The van der Waals surface area contributed by atoms with E-state index in [0.717, 1.165) is 0 Å². The highest BCUT2D eigenvalue weighted by molar-refractivity contribution is 5.98. The van der Waals surface area contributed by atoms with Crippen LogP contribution in [0.15, 0.2) is 24.3 Å². The number of Topliss-reactive ketones (excluding diaryl/α,β-unsaturated/α-hetero) is 1. The number of nitrogens with zero attached hydrogens (tertiary/aromatic N) is 1. The molecule has 1 aromatic carbocycles. The number of carbonyl (C=O) groups excluding carboxylic acids is 1. The predicted octanol–water partition coefficient (Wildman–Crippen LogP) is 2.79. The van der Waals surface area contributed by atoms with Gasteiger partial charge >= 0.3 is 0 Å². The van der Waals surface area contributed by atoms with E-state index in [4.69, 9.17) is 11.7 Å². The second kappa shape index (κ2) is 5.73. The minimum absolute atomic E-state index is 0.0140. The van der Waals surface area contributed by atoms with Gasteiger partial charge in [-0.2, -0.15) is 5.26 Å². The molecule has 0 saturated heterocycles. The third kappa shape index (κ3) is 2.97. The van der Waals surface area contributed by atoms with Crippen LogP contribution in [-0.4, -0.2) is 5.78 Å². The van der Waals surface area contributed by atoms with Gasteiger partial charge < -0.3 is 0 Å². The molecule has 2 nitrogen and oxygen atoms in total. The molecule has 0 saturated carbocycles. The average molecular weight is 211 g/mol. The highest BCUT2D eigenvalue weighted by Crippen LogP contribution is 2.15. The SMILES string of the molecule is C#CCC(C)CC(=O)c1ccccc1C#N. The van der Waals surface area contributed by atoms with Crippen molar-refractivity contribution in [3.8, 4) is 18.4 Å². The molecule has 0 N–H and O–H groups in total. The molecule has 1 atom stereocenters. The molecule has 1 rings (SSSR count). The molecule has 1 aromatic rings. The minimum Gasteiger partial charge on any atom is -0.294 e. The van der Waals surface area contributed by atoms with Crippen molar-refractivity contribution < 1.29 is 4.79 Å². The fourth-order valence-electron chi connectivity index (χ4n) is 1.52. The van der Waals surface area contributed by atoms with Crippen LogP contribution in [0, 0.1) is 29.6 Å². The molecule has 0 bridgehead atoms. The molecule has 80 valence electrons. The van der Waals surface area contributed by atoms with E-state index >= 15 is 0 Å². The van der Waals surface area contributed by atoms with Gasteiger partial charge in [0.25, 0.3) is 0 Å². The van der Waals surface area contributed by atoms with E-state index < -0.39 is 0 Å². The van der Waals surface area contributed by atoms with Crippen molar-refractivity contribution in [2.24, 2.45) is 5.92 Å². The lowest BCUT2D eigenvalue weighted by Gasteiger charge is -2.07. The summed E-state index contributed by atoms with van der Waals surface area (Å²) >= 11 is 0. The van der Waals surface area contributed by atoms with Gasteiger partial charge in [-0.3, -0.25) is 4.79 Å². The maximum Gasteiger partial charge on any atom is 0.164 e. The topological polar surface area (TPSA) is 40.9 Å². The van der Waals surface area contributed by atoms with E-state index in [1.807, 2.05) is 13.0 Å². The molecule has 0 aliphatic heterocycles. The number of rotatable bonds is 4. The maximum atomic E-state index is 11.9. The van der Waals surface area contributed by atoms with E-state index in [9.17, 15) is 4.79 Å². The zero-order chi connectivity index (χ0) is 12.0. The van der Waals surface area contributed by atoms with Gasteiger partial charge in [0.2, 0.25) is 0 Å². The highest BCUT2D eigenvalue weighted by Gasteiger charge is 2.13. The van der Waals surface area contributed by atoms with E-state index in [1.165, 1.54) is 0 Å². The van der Waals surface area contributed by atoms with Crippen LogP contribution < -0.4 is 0 Å². The van der Waals surface area contributed by atoms with Crippen LogP contribution in [0.4, 0.5) is 0 Å². The van der Waals surface area contributed by atoms with Gasteiger partial charge in [0.15, 0.2) is 5.78 Å². The fourth-order valence-corrected chi connectivity index (χ4v) is 1.52. The Morgan fingerprint density at radius 1 is 1.50 bits per heavy atom. The maximum absolute atomic E-state index is 11.9. The monoisotopic (exact) mass is 211 g/mol. The van der Waals surface area contributed by atoms with Gasteiger partial charge in [0.1, 0.15) is 0 Å². The lowest BCUT2D eigenvalue weighted by Crippen LogP contribution is -2.07. The summed E-state index contributed by atoms with van der Waals surface area (Å²) in [6.45, 7) is 1.94. The first-order valence-corrected chi connectivity index (χ1v) is 5.14. The van der Waals surface area contributed by atoms with Crippen LogP contribution in [0.3, 0.4) is 0 Å². The van der Waals surface area contributed by atoms with Crippen LogP contribution in [0.5, 0.6) is 0 Å². The summed E-state index contributed by atoms with van der Waals surface area (Å²) in [7, 11) is 0. The number of hydrogen-bond acceptors (Lipinski definition) is 2. The van der Waals surface area contributed by atoms with Crippen molar-refractivity contribution in [1.82, 2.24) is 0 Å². The smallest absolute Gasteiger partial charge is 0.164 e. The molecule has 0 heterocycles. The lowest BCUT2D eigenvalue weighted by molar-refractivity contribution is 0.0965. The zero-order valence-electron chi connectivity index (χ0n) is 9.23. The Hall–Kier alpha value is -2.06. The summed E-state index contributed by atoms with van der Waals surface area (Å²) < 4.78 is 0. The average Bonchev–Trinajstić information content (AvgIpc) is 2.29. The molecular formula is C14H13NO.